The van der Waals surface area contributed by atoms with Crippen LogP contribution in [0.1, 0.15) is 19.4 Å². The standard InChI is InChI=1S/C13H14O3/c1-12(2)10(8-14)13(12,11(15)16)9-6-4-3-5-7-9/h3-8,10H,1-2H3,(H,15,16). The van der Waals surface area contributed by atoms with Crippen LogP contribution in [0.15, 0.2) is 30.3 Å². The molecule has 3 nitrogen and oxygen atoms in total. The topological polar surface area (TPSA) is 54.4 Å². The first-order valence-electron chi connectivity index (χ1n) is 5.23. The highest BCUT2D eigenvalue weighted by Gasteiger charge is 2.76. The van der Waals surface area contributed by atoms with Gasteiger partial charge in [0.15, 0.2) is 0 Å². The van der Waals surface area contributed by atoms with E-state index in [4.69, 9.17) is 0 Å². The van der Waals surface area contributed by atoms with Crippen molar-refractivity contribution in [3.8, 4) is 0 Å². The molecule has 0 bridgehead atoms. The fourth-order valence-corrected chi connectivity index (χ4v) is 2.86. The molecule has 2 atom stereocenters. The number of aliphatic carboxylic acids is 1. The number of benzene rings is 1. The van der Waals surface area contributed by atoms with Crippen LogP contribution in [0.4, 0.5) is 0 Å². The minimum Gasteiger partial charge on any atom is -0.481 e. The van der Waals surface area contributed by atoms with Crippen LogP contribution in [0.2, 0.25) is 0 Å². The van der Waals surface area contributed by atoms with E-state index in [0.29, 0.717) is 5.56 Å². The second-order valence-electron chi connectivity index (χ2n) is 4.81. The average molecular weight is 218 g/mol. The predicted molar refractivity (Wildman–Crippen MR) is 59.1 cm³/mol. The molecule has 2 rings (SSSR count). The molecule has 1 N–H and O–H groups in total. The van der Waals surface area contributed by atoms with Gasteiger partial charge in [-0.15, -0.1) is 0 Å². The third-order valence-electron chi connectivity index (χ3n) is 3.88. The van der Waals surface area contributed by atoms with Gasteiger partial charge in [0.1, 0.15) is 11.7 Å². The smallest absolute Gasteiger partial charge is 0.315 e. The zero-order chi connectivity index (χ0) is 12.0. The van der Waals surface area contributed by atoms with Gasteiger partial charge < -0.3 is 9.90 Å². The lowest BCUT2D eigenvalue weighted by atomic mass is 9.88. The molecule has 0 heterocycles. The Morgan fingerprint density at radius 3 is 2.25 bits per heavy atom. The zero-order valence-electron chi connectivity index (χ0n) is 9.31. The van der Waals surface area contributed by atoms with E-state index in [1.165, 1.54) is 0 Å². The number of hydrogen-bond acceptors (Lipinski definition) is 2. The Balaban J connectivity index is 2.57. The summed E-state index contributed by atoms with van der Waals surface area (Å²) in [6.45, 7) is 3.65. The number of rotatable bonds is 3. The van der Waals surface area contributed by atoms with Crippen LogP contribution in [0.3, 0.4) is 0 Å². The van der Waals surface area contributed by atoms with Gasteiger partial charge in [0, 0.05) is 5.92 Å². The van der Waals surface area contributed by atoms with Gasteiger partial charge in [-0.2, -0.15) is 0 Å². The third kappa shape index (κ3) is 1.03. The molecule has 1 aromatic rings. The van der Waals surface area contributed by atoms with E-state index in [9.17, 15) is 14.7 Å². The van der Waals surface area contributed by atoms with Crippen LogP contribution in [0, 0.1) is 11.3 Å². The highest BCUT2D eigenvalue weighted by molar-refractivity contribution is 5.94. The number of aldehydes is 1. The summed E-state index contributed by atoms with van der Waals surface area (Å²) in [5, 5.41) is 9.44. The molecular weight excluding hydrogens is 204 g/mol. The van der Waals surface area contributed by atoms with Gasteiger partial charge in [-0.1, -0.05) is 44.2 Å². The van der Waals surface area contributed by atoms with E-state index in [1.807, 2.05) is 19.9 Å². The highest BCUT2D eigenvalue weighted by Crippen LogP contribution is 2.68. The quantitative estimate of drug-likeness (QED) is 0.788. The van der Waals surface area contributed by atoms with Gasteiger partial charge >= 0.3 is 5.97 Å². The van der Waals surface area contributed by atoms with Crippen molar-refractivity contribution in [2.24, 2.45) is 11.3 Å². The lowest BCUT2D eigenvalue weighted by Crippen LogP contribution is -2.26. The van der Waals surface area contributed by atoms with Crippen LogP contribution in [-0.4, -0.2) is 17.4 Å². The van der Waals surface area contributed by atoms with E-state index in [-0.39, 0.29) is 0 Å². The second kappa shape index (κ2) is 3.17. The normalized spacial score (nSPS) is 30.8. The molecule has 0 saturated heterocycles. The molecule has 2 unspecified atom stereocenters. The Kier molecular flexibility index (Phi) is 2.15. The van der Waals surface area contributed by atoms with Crippen LogP contribution < -0.4 is 0 Å². The van der Waals surface area contributed by atoms with Crippen LogP contribution >= 0.6 is 0 Å². The largest absolute Gasteiger partial charge is 0.481 e. The SMILES string of the molecule is CC1(C)C(C=O)C1(C(=O)O)c1ccccc1. The van der Waals surface area contributed by atoms with Crippen LogP contribution in [0.25, 0.3) is 0 Å². The molecule has 1 aromatic carbocycles. The Hall–Kier alpha value is -1.64. The second-order valence-corrected chi connectivity index (χ2v) is 4.81. The molecule has 84 valence electrons. The molecule has 16 heavy (non-hydrogen) atoms. The van der Waals surface area contributed by atoms with E-state index >= 15 is 0 Å². The van der Waals surface area contributed by atoms with Crippen molar-refractivity contribution >= 4 is 12.3 Å². The molecule has 0 aromatic heterocycles. The first kappa shape index (κ1) is 10.9. The van der Waals surface area contributed by atoms with Gasteiger partial charge in [0.25, 0.3) is 0 Å². The molecule has 1 saturated carbocycles. The van der Waals surface area contributed by atoms with E-state index < -0.39 is 22.7 Å². The van der Waals surface area contributed by atoms with Gasteiger partial charge in [-0.3, -0.25) is 4.79 Å². The van der Waals surface area contributed by atoms with Crippen molar-refractivity contribution in [3.63, 3.8) is 0 Å². The lowest BCUT2D eigenvalue weighted by molar-refractivity contribution is -0.141. The van der Waals surface area contributed by atoms with E-state index in [2.05, 4.69) is 0 Å². The maximum Gasteiger partial charge on any atom is 0.315 e. The predicted octanol–water partition coefficient (Wildman–Crippen LogP) is 1.86. The molecular formula is C13H14O3. The monoisotopic (exact) mass is 218 g/mol. The van der Waals surface area contributed by atoms with Crippen LogP contribution in [0.5, 0.6) is 0 Å². The zero-order valence-corrected chi connectivity index (χ0v) is 9.31. The van der Waals surface area contributed by atoms with Crippen molar-refractivity contribution in [1.29, 1.82) is 0 Å². The van der Waals surface area contributed by atoms with Gasteiger partial charge in [-0.25, -0.2) is 0 Å². The molecule has 0 aliphatic heterocycles. The Labute approximate surface area is 94.1 Å². The lowest BCUT2D eigenvalue weighted by Gasteiger charge is -2.15. The van der Waals surface area contributed by atoms with Gasteiger partial charge in [-0.05, 0) is 11.0 Å². The third-order valence-corrected chi connectivity index (χ3v) is 3.88. The fourth-order valence-electron chi connectivity index (χ4n) is 2.86. The van der Waals surface area contributed by atoms with E-state index in [0.717, 1.165) is 6.29 Å². The molecule has 1 fully saturated rings. The Morgan fingerprint density at radius 1 is 1.31 bits per heavy atom. The minimum absolute atomic E-state index is 0.445. The molecule has 0 amide bonds. The average Bonchev–Trinajstić information content (AvgIpc) is 2.77. The molecule has 1 aliphatic rings. The maximum absolute atomic E-state index is 11.5. The van der Waals surface area contributed by atoms with Crippen molar-refractivity contribution in [3.05, 3.63) is 35.9 Å². The number of carboxylic acids is 1. The van der Waals surface area contributed by atoms with Crippen molar-refractivity contribution < 1.29 is 14.7 Å². The van der Waals surface area contributed by atoms with Gasteiger partial charge in [0.2, 0.25) is 0 Å². The minimum atomic E-state index is -1.05. The maximum atomic E-state index is 11.5. The molecule has 0 radical (unpaired) electrons. The van der Waals surface area contributed by atoms with Gasteiger partial charge in [0.05, 0.1) is 0 Å². The highest BCUT2D eigenvalue weighted by atomic mass is 16.4. The number of carbonyl (C=O) groups excluding carboxylic acids is 1. The summed E-state index contributed by atoms with van der Waals surface area (Å²) in [7, 11) is 0. The number of hydrogen-bond donors (Lipinski definition) is 1. The Bertz CT molecular complexity index is 436. The summed E-state index contributed by atoms with van der Waals surface area (Å²) in [5.74, 6) is -1.36. The van der Waals surface area contributed by atoms with Crippen molar-refractivity contribution in [2.75, 3.05) is 0 Å². The van der Waals surface area contributed by atoms with Crippen LogP contribution in [-0.2, 0) is 15.0 Å². The van der Waals surface area contributed by atoms with Crippen molar-refractivity contribution in [1.82, 2.24) is 0 Å². The summed E-state index contributed by atoms with van der Waals surface area (Å²) >= 11 is 0. The molecule has 3 heteroatoms. The molecule has 0 spiro atoms. The van der Waals surface area contributed by atoms with Crippen molar-refractivity contribution in [2.45, 2.75) is 19.3 Å². The molecule has 1 aliphatic carbocycles. The van der Waals surface area contributed by atoms with E-state index in [1.54, 1.807) is 24.3 Å². The summed E-state index contributed by atoms with van der Waals surface area (Å²) in [5.41, 5.74) is -0.845. The first-order chi connectivity index (χ1) is 7.49. The Morgan fingerprint density at radius 2 is 1.88 bits per heavy atom. The number of carbonyl (C=O) groups is 2. The first-order valence-corrected chi connectivity index (χ1v) is 5.23. The fraction of sp³-hybridized carbons (Fsp3) is 0.385. The summed E-state index contributed by atoms with van der Waals surface area (Å²) < 4.78 is 0. The number of carboxylic acid groups (broad SMARTS) is 1. The summed E-state index contributed by atoms with van der Waals surface area (Å²) in [4.78, 5) is 22.5. The summed E-state index contributed by atoms with van der Waals surface area (Å²) in [6.07, 6.45) is 0.765. The summed E-state index contributed by atoms with van der Waals surface area (Å²) in [6, 6.07) is 9.00.